The zero-order valence-corrected chi connectivity index (χ0v) is 13.4. The molecule has 6 nitrogen and oxygen atoms in total. The van der Waals surface area contributed by atoms with E-state index >= 15 is 0 Å². The van der Waals surface area contributed by atoms with Crippen molar-refractivity contribution >= 4 is 5.96 Å². The first kappa shape index (κ1) is 16.5. The molecule has 122 valence electrons. The lowest BCUT2D eigenvalue weighted by molar-refractivity contribution is 0.120. The van der Waals surface area contributed by atoms with E-state index in [-0.39, 0.29) is 6.10 Å². The molecule has 1 aliphatic carbocycles. The van der Waals surface area contributed by atoms with E-state index in [9.17, 15) is 5.11 Å². The minimum absolute atomic E-state index is 0.140. The van der Waals surface area contributed by atoms with Gasteiger partial charge in [0.1, 0.15) is 0 Å². The third-order valence-corrected chi connectivity index (χ3v) is 3.77. The van der Waals surface area contributed by atoms with Crippen molar-refractivity contribution in [3.8, 4) is 5.88 Å². The Hall–Kier alpha value is -1.82. The van der Waals surface area contributed by atoms with Crippen LogP contribution in [0.5, 0.6) is 5.88 Å². The number of guanidine groups is 1. The average molecular weight is 306 g/mol. The summed E-state index contributed by atoms with van der Waals surface area (Å²) in [6, 6.07) is 6.05. The first-order valence-corrected chi connectivity index (χ1v) is 7.94. The Balaban J connectivity index is 1.94. The Morgan fingerprint density at radius 1 is 1.36 bits per heavy atom. The van der Waals surface area contributed by atoms with Crippen LogP contribution in [-0.4, -0.2) is 41.9 Å². The summed E-state index contributed by atoms with van der Waals surface area (Å²) in [7, 11) is 1.61. The lowest BCUT2D eigenvalue weighted by Crippen LogP contribution is -2.45. The summed E-state index contributed by atoms with van der Waals surface area (Å²) >= 11 is 0. The van der Waals surface area contributed by atoms with Gasteiger partial charge in [0.25, 0.3) is 0 Å². The molecule has 0 spiro atoms. The second kappa shape index (κ2) is 8.58. The summed E-state index contributed by atoms with van der Waals surface area (Å²) in [4.78, 5) is 8.95. The van der Waals surface area contributed by atoms with Crippen molar-refractivity contribution in [3.63, 3.8) is 0 Å². The molecule has 1 aliphatic rings. The zero-order chi connectivity index (χ0) is 15.8. The lowest BCUT2D eigenvalue weighted by atomic mass is 9.93. The maximum absolute atomic E-state index is 9.57. The SMILES string of the molecule is CCNC(=NCc1cccc(OC)n1)NC1CCC(O)CC1. The zero-order valence-electron chi connectivity index (χ0n) is 13.4. The molecule has 0 atom stereocenters. The Bertz CT molecular complexity index is 485. The van der Waals surface area contributed by atoms with Crippen LogP contribution in [0, 0.1) is 0 Å². The Kier molecular flexibility index (Phi) is 6.45. The monoisotopic (exact) mass is 306 g/mol. The molecule has 3 N–H and O–H groups in total. The van der Waals surface area contributed by atoms with Crippen LogP contribution in [0.1, 0.15) is 38.3 Å². The predicted molar refractivity (Wildman–Crippen MR) is 87.0 cm³/mol. The molecule has 1 aromatic heterocycles. The van der Waals surface area contributed by atoms with E-state index in [0.717, 1.165) is 43.9 Å². The van der Waals surface area contributed by atoms with Crippen LogP contribution in [0.25, 0.3) is 0 Å². The van der Waals surface area contributed by atoms with Gasteiger partial charge in [0.15, 0.2) is 5.96 Å². The normalized spacial score (nSPS) is 22.2. The molecule has 22 heavy (non-hydrogen) atoms. The molecule has 0 aliphatic heterocycles. The van der Waals surface area contributed by atoms with Gasteiger partial charge in [-0.1, -0.05) is 6.07 Å². The van der Waals surface area contributed by atoms with Gasteiger partial charge < -0.3 is 20.5 Å². The number of ether oxygens (including phenoxy) is 1. The Morgan fingerprint density at radius 3 is 2.82 bits per heavy atom. The van der Waals surface area contributed by atoms with Crippen molar-refractivity contribution < 1.29 is 9.84 Å². The number of rotatable bonds is 5. The minimum atomic E-state index is -0.140. The van der Waals surface area contributed by atoms with Gasteiger partial charge in [-0.25, -0.2) is 9.98 Å². The summed E-state index contributed by atoms with van der Waals surface area (Å²) in [5.41, 5.74) is 0.871. The lowest BCUT2D eigenvalue weighted by Gasteiger charge is -2.27. The van der Waals surface area contributed by atoms with E-state index in [2.05, 4.69) is 20.6 Å². The van der Waals surface area contributed by atoms with Crippen LogP contribution >= 0.6 is 0 Å². The molecule has 1 heterocycles. The highest BCUT2D eigenvalue weighted by Gasteiger charge is 2.19. The molecule has 1 saturated carbocycles. The number of aliphatic hydroxyl groups excluding tert-OH is 1. The van der Waals surface area contributed by atoms with Gasteiger partial charge in [0.05, 0.1) is 25.5 Å². The van der Waals surface area contributed by atoms with Crippen molar-refractivity contribution in [3.05, 3.63) is 23.9 Å². The first-order valence-electron chi connectivity index (χ1n) is 7.94. The number of aliphatic hydroxyl groups is 1. The standard InChI is InChI=1S/C16H26N4O2/c1-3-17-16(20-12-7-9-14(21)10-8-12)18-11-13-5-4-6-15(19-13)22-2/h4-6,12,14,21H,3,7-11H2,1-2H3,(H2,17,18,20). The van der Waals surface area contributed by atoms with Gasteiger partial charge >= 0.3 is 0 Å². The van der Waals surface area contributed by atoms with Crippen molar-refractivity contribution in [2.24, 2.45) is 4.99 Å². The second-order valence-electron chi connectivity index (χ2n) is 5.52. The van der Waals surface area contributed by atoms with Gasteiger partial charge in [-0.15, -0.1) is 0 Å². The van der Waals surface area contributed by atoms with Crippen molar-refractivity contribution in [1.29, 1.82) is 0 Å². The van der Waals surface area contributed by atoms with Crippen molar-refractivity contribution in [2.45, 2.75) is 51.3 Å². The smallest absolute Gasteiger partial charge is 0.213 e. The van der Waals surface area contributed by atoms with Crippen LogP contribution < -0.4 is 15.4 Å². The number of hydrogen-bond donors (Lipinski definition) is 3. The molecule has 0 bridgehead atoms. The van der Waals surface area contributed by atoms with Gasteiger partial charge in [-0.3, -0.25) is 0 Å². The quantitative estimate of drug-likeness (QED) is 0.567. The van der Waals surface area contributed by atoms with Crippen molar-refractivity contribution in [1.82, 2.24) is 15.6 Å². The number of nitrogens with one attached hydrogen (secondary N) is 2. The third kappa shape index (κ3) is 5.18. The van der Waals surface area contributed by atoms with Crippen LogP contribution in [0.2, 0.25) is 0 Å². The first-order chi connectivity index (χ1) is 10.7. The van der Waals surface area contributed by atoms with Gasteiger partial charge in [-0.2, -0.15) is 0 Å². The average Bonchev–Trinajstić information content (AvgIpc) is 2.55. The van der Waals surface area contributed by atoms with Crippen molar-refractivity contribution in [2.75, 3.05) is 13.7 Å². The van der Waals surface area contributed by atoms with Gasteiger partial charge in [0.2, 0.25) is 5.88 Å². The number of aromatic nitrogens is 1. The molecule has 1 fully saturated rings. The fourth-order valence-corrected chi connectivity index (χ4v) is 2.55. The molecular formula is C16H26N4O2. The number of aliphatic imine (C=N–C) groups is 1. The molecule has 6 heteroatoms. The molecule has 0 unspecified atom stereocenters. The maximum atomic E-state index is 9.57. The highest BCUT2D eigenvalue weighted by atomic mass is 16.5. The summed E-state index contributed by atoms with van der Waals surface area (Å²) in [5.74, 6) is 1.40. The van der Waals surface area contributed by atoms with E-state index in [1.165, 1.54) is 0 Å². The Labute approximate surface area is 132 Å². The predicted octanol–water partition coefficient (Wildman–Crippen LogP) is 1.45. The fourth-order valence-electron chi connectivity index (χ4n) is 2.55. The molecule has 0 saturated heterocycles. The molecule has 0 amide bonds. The number of hydrogen-bond acceptors (Lipinski definition) is 4. The highest BCUT2D eigenvalue weighted by Crippen LogP contribution is 2.18. The van der Waals surface area contributed by atoms with E-state index < -0.39 is 0 Å². The molecule has 1 aromatic rings. The number of nitrogens with zero attached hydrogens (tertiary/aromatic N) is 2. The molecular weight excluding hydrogens is 280 g/mol. The number of pyridine rings is 1. The largest absolute Gasteiger partial charge is 0.481 e. The summed E-state index contributed by atoms with van der Waals surface area (Å²) < 4.78 is 5.13. The fraction of sp³-hybridized carbons (Fsp3) is 0.625. The van der Waals surface area contributed by atoms with Crippen LogP contribution in [0.3, 0.4) is 0 Å². The van der Waals surface area contributed by atoms with E-state index in [0.29, 0.717) is 18.5 Å². The molecule has 2 rings (SSSR count). The van der Waals surface area contributed by atoms with Crippen LogP contribution in [-0.2, 0) is 6.54 Å². The van der Waals surface area contributed by atoms with Gasteiger partial charge in [-0.05, 0) is 38.7 Å². The van der Waals surface area contributed by atoms with E-state index in [4.69, 9.17) is 4.74 Å². The number of methoxy groups -OCH3 is 1. The minimum Gasteiger partial charge on any atom is -0.481 e. The summed E-state index contributed by atoms with van der Waals surface area (Å²) in [6.07, 6.45) is 3.52. The third-order valence-electron chi connectivity index (χ3n) is 3.77. The maximum Gasteiger partial charge on any atom is 0.213 e. The van der Waals surface area contributed by atoms with E-state index in [1.54, 1.807) is 7.11 Å². The molecule has 0 aromatic carbocycles. The highest BCUT2D eigenvalue weighted by molar-refractivity contribution is 5.80. The molecule has 0 radical (unpaired) electrons. The van der Waals surface area contributed by atoms with E-state index in [1.807, 2.05) is 25.1 Å². The summed E-state index contributed by atoms with van der Waals surface area (Å²) in [6.45, 7) is 3.36. The van der Waals surface area contributed by atoms with Crippen LogP contribution in [0.4, 0.5) is 0 Å². The second-order valence-corrected chi connectivity index (χ2v) is 5.52. The van der Waals surface area contributed by atoms with Crippen LogP contribution in [0.15, 0.2) is 23.2 Å². The topological polar surface area (TPSA) is 78.8 Å². The summed E-state index contributed by atoms with van der Waals surface area (Å²) in [5, 5.41) is 16.3. The Morgan fingerprint density at radius 2 is 2.14 bits per heavy atom. The van der Waals surface area contributed by atoms with Gasteiger partial charge in [0, 0.05) is 18.7 Å².